The van der Waals surface area contributed by atoms with E-state index in [1.54, 1.807) is 13.0 Å². The minimum Gasteiger partial charge on any atom is -0.300 e. The highest BCUT2D eigenvalue weighted by Crippen LogP contribution is 2.11. The second-order valence-electron chi connectivity index (χ2n) is 2.59. The SMILES string of the molecule is C=C/C=C(/CC(C)=O)C(=C)C. The van der Waals surface area contributed by atoms with Gasteiger partial charge in [-0.05, 0) is 19.4 Å². The lowest BCUT2D eigenvalue weighted by Crippen LogP contribution is -1.93. The van der Waals surface area contributed by atoms with Crippen LogP contribution in [0.2, 0.25) is 0 Å². The van der Waals surface area contributed by atoms with Crippen molar-refractivity contribution >= 4 is 5.78 Å². The Morgan fingerprint density at radius 1 is 1.45 bits per heavy atom. The predicted octanol–water partition coefficient (Wildman–Crippen LogP) is 2.65. The first-order valence-corrected chi connectivity index (χ1v) is 3.55. The fourth-order valence-corrected chi connectivity index (χ4v) is 0.763. The molecule has 0 N–H and O–H groups in total. The van der Waals surface area contributed by atoms with Gasteiger partial charge in [-0.3, -0.25) is 4.79 Å². The minimum atomic E-state index is 0.154. The molecule has 0 radical (unpaired) electrons. The van der Waals surface area contributed by atoms with Crippen molar-refractivity contribution in [1.29, 1.82) is 0 Å². The first kappa shape index (κ1) is 9.89. The number of ketones is 1. The highest BCUT2D eigenvalue weighted by molar-refractivity contribution is 5.79. The average molecular weight is 150 g/mol. The molecular formula is C10H14O. The van der Waals surface area contributed by atoms with E-state index in [1.807, 2.05) is 13.0 Å². The monoisotopic (exact) mass is 150 g/mol. The van der Waals surface area contributed by atoms with Crippen molar-refractivity contribution < 1.29 is 4.79 Å². The molecule has 0 aliphatic rings. The molecule has 0 saturated heterocycles. The van der Waals surface area contributed by atoms with Gasteiger partial charge < -0.3 is 0 Å². The van der Waals surface area contributed by atoms with E-state index in [0.717, 1.165) is 11.1 Å². The number of rotatable bonds is 4. The highest BCUT2D eigenvalue weighted by Gasteiger charge is 1.99. The normalized spacial score (nSPS) is 10.9. The summed E-state index contributed by atoms with van der Waals surface area (Å²) in [4.78, 5) is 10.7. The third kappa shape index (κ3) is 4.31. The lowest BCUT2D eigenvalue weighted by atomic mass is 10.0. The molecule has 0 aliphatic carbocycles. The van der Waals surface area contributed by atoms with Crippen LogP contribution in [0.5, 0.6) is 0 Å². The fraction of sp³-hybridized carbons (Fsp3) is 0.300. The van der Waals surface area contributed by atoms with Gasteiger partial charge in [-0.15, -0.1) is 0 Å². The van der Waals surface area contributed by atoms with Crippen LogP contribution in [0.25, 0.3) is 0 Å². The number of Topliss-reactive ketones (excluding diaryl/α,β-unsaturated/α-hetero) is 1. The molecule has 0 unspecified atom stereocenters. The van der Waals surface area contributed by atoms with Crippen molar-refractivity contribution in [3.63, 3.8) is 0 Å². The zero-order valence-corrected chi connectivity index (χ0v) is 7.18. The van der Waals surface area contributed by atoms with Crippen LogP contribution in [-0.4, -0.2) is 5.78 Å². The van der Waals surface area contributed by atoms with E-state index in [0.29, 0.717) is 6.42 Å². The van der Waals surface area contributed by atoms with Gasteiger partial charge >= 0.3 is 0 Å². The molecule has 1 heteroatoms. The average Bonchev–Trinajstić information content (AvgIpc) is 1.86. The summed E-state index contributed by atoms with van der Waals surface area (Å²) in [6.07, 6.45) is 3.96. The fourth-order valence-electron chi connectivity index (χ4n) is 0.763. The van der Waals surface area contributed by atoms with Crippen LogP contribution < -0.4 is 0 Å². The predicted molar refractivity (Wildman–Crippen MR) is 48.4 cm³/mol. The van der Waals surface area contributed by atoms with Gasteiger partial charge in [0.1, 0.15) is 5.78 Å². The smallest absolute Gasteiger partial charge is 0.134 e. The summed E-state index contributed by atoms with van der Waals surface area (Å²) < 4.78 is 0. The second-order valence-corrected chi connectivity index (χ2v) is 2.59. The molecule has 0 heterocycles. The Labute approximate surface area is 68.1 Å². The van der Waals surface area contributed by atoms with Crippen molar-refractivity contribution in [3.05, 3.63) is 36.5 Å². The third-order valence-electron chi connectivity index (χ3n) is 1.31. The van der Waals surface area contributed by atoms with Gasteiger partial charge in [0.05, 0.1) is 0 Å². The summed E-state index contributed by atoms with van der Waals surface area (Å²) >= 11 is 0. The van der Waals surface area contributed by atoms with Gasteiger partial charge in [0, 0.05) is 6.42 Å². The maximum atomic E-state index is 10.7. The highest BCUT2D eigenvalue weighted by atomic mass is 16.1. The van der Waals surface area contributed by atoms with Gasteiger partial charge in [0.25, 0.3) is 0 Å². The molecule has 60 valence electrons. The molecule has 0 aromatic carbocycles. The summed E-state index contributed by atoms with van der Waals surface area (Å²) in [7, 11) is 0. The summed E-state index contributed by atoms with van der Waals surface area (Å²) in [6, 6.07) is 0. The van der Waals surface area contributed by atoms with Gasteiger partial charge in [0.15, 0.2) is 0 Å². The lowest BCUT2D eigenvalue weighted by Gasteiger charge is -2.01. The Hall–Kier alpha value is -1.11. The molecule has 0 saturated carbocycles. The molecule has 0 aromatic heterocycles. The van der Waals surface area contributed by atoms with Gasteiger partial charge in [-0.25, -0.2) is 0 Å². The maximum Gasteiger partial charge on any atom is 0.134 e. The number of hydrogen-bond acceptors (Lipinski definition) is 1. The molecule has 0 amide bonds. The maximum absolute atomic E-state index is 10.7. The van der Waals surface area contributed by atoms with Crippen molar-refractivity contribution in [3.8, 4) is 0 Å². The Balaban J connectivity index is 4.35. The first-order chi connectivity index (χ1) is 5.07. The van der Waals surface area contributed by atoms with E-state index >= 15 is 0 Å². The Morgan fingerprint density at radius 2 is 2.00 bits per heavy atom. The molecule has 0 spiro atoms. The molecule has 0 aliphatic heterocycles. The molecule has 0 rings (SSSR count). The number of carbonyl (C=O) groups is 1. The van der Waals surface area contributed by atoms with Crippen molar-refractivity contribution in [1.82, 2.24) is 0 Å². The largest absolute Gasteiger partial charge is 0.300 e. The van der Waals surface area contributed by atoms with E-state index in [1.165, 1.54) is 0 Å². The van der Waals surface area contributed by atoms with Crippen molar-refractivity contribution in [2.24, 2.45) is 0 Å². The second kappa shape index (κ2) is 4.67. The molecular weight excluding hydrogens is 136 g/mol. The Bertz CT molecular complexity index is 209. The summed E-state index contributed by atoms with van der Waals surface area (Å²) in [6.45, 7) is 10.8. The van der Waals surface area contributed by atoms with Crippen LogP contribution in [0.4, 0.5) is 0 Å². The summed E-state index contributed by atoms with van der Waals surface area (Å²) in [5.74, 6) is 0.154. The van der Waals surface area contributed by atoms with Crippen molar-refractivity contribution in [2.75, 3.05) is 0 Å². The van der Waals surface area contributed by atoms with Crippen LogP contribution in [0.3, 0.4) is 0 Å². The summed E-state index contributed by atoms with van der Waals surface area (Å²) in [5, 5.41) is 0. The number of carbonyl (C=O) groups excluding carboxylic acids is 1. The number of hydrogen-bond donors (Lipinski definition) is 0. The van der Waals surface area contributed by atoms with E-state index in [4.69, 9.17) is 0 Å². The molecule has 1 nitrogen and oxygen atoms in total. The molecule has 0 atom stereocenters. The molecule has 0 aromatic rings. The van der Waals surface area contributed by atoms with Crippen LogP contribution >= 0.6 is 0 Å². The Kier molecular flexibility index (Phi) is 4.20. The van der Waals surface area contributed by atoms with E-state index in [2.05, 4.69) is 13.2 Å². The standard InChI is InChI=1S/C10H14O/c1-5-6-10(8(2)3)7-9(4)11/h5-6H,1-2,7H2,3-4H3/b10-6-. The van der Waals surface area contributed by atoms with Gasteiger partial charge in [0.2, 0.25) is 0 Å². The summed E-state index contributed by atoms with van der Waals surface area (Å²) in [5.41, 5.74) is 1.90. The molecule has 0 bridgehead atoms. The number of allylic oxidation sites excluding steroid dienone is 4. The van der Waals surface area contributed by atoms with E-state index in [9.17, 15) is 4.79 Å². The van der Waals surface area contributed by atoms with Crippen LogP contribution in [0.15, 0.2) is 36.5 Å². The van der Waals surface area contributed by atoms with Gasteiger partial charge in [-0.1, -0.05) is 30.9 Å². The topological polar surface area (TPSA) is 17.1 Å². The van der Waals surface area contributed by atoms with Crippen LogP contribution in [-0.2, 0) is 4.79 Å². The minimum absolute atomic E-state index is 0.154. The van der Waals surface area contributed by atoms with Crippen LogP contribution in [0.1, 0.15) is 20.3 Å². The van der Waals surface area contributed by atoms with Crippen molar-refractivity contribution in [2.45, 2.75) is 20.3 Å². The zero-order valence-electron chi connectivity index (χ0n) is 7.18. The lowest BCUT2D eigenvalue weighted by molar-refractivity contribution is -0.116. The van der Waals surface area contributed by atoms with Gasteiger partial charge in [-0.2, -0.15) is 0 Å². The zero-order chi connectivity index (χ0) is 8.85. The van der Waals surface area contributed by atoms with E-state index in [-0.39, 0.29) is 5.78 Å². The Morgan fingerprint density at radius 3 is 2.27 bits per heavy atom. The molecule has 0 fully saturated rings. The molecule has 11 heavy (non-hydrogen) atoms. The third-order valence-corrected chi connectivity index (χ3v) is 1.31. The quantitative estimate of drug-likeness (QED) is 0.563. The van der Waals surface area contributed by atoms with Crippen LogP contribution in [0, 0.1) is 0 Å². The first-order valence-electron chi connectivity index (χ1n) is 3.55. The van der Waals surface area contributed by atoms with E-state index < -0.39 is 0 Å².